The maximum absolute atomic E-state index is 13.8. The van der Waals surface area contributed by atoms with E-state index in [1.54, 1.807) is 13.8 Å². The minimum Gasteiger partial charge on any atom is -0.496 e. The lowest BCUT2D eigenvalue weighted by atomic mass is 10.1. The Kier molecular flexibility index (Phi) is 5.25. The van der Waals surface area contributed by atoms with Gasteiger partial charge in [0.05, 0.1) is 12.0 Å². The molecule has 0 amide bonds. The summed E-state index contributed by atoms with van der Waals surface area (Å²) in [6.07, 6.45) is 0. The van der Waals surface area contributed by atoms with E-state index in [-0.39, 0.29) is 10.5 Å². The van der Waals surface area contributed by atoms with Crippen LogP contribution in [0.2, 0.25) is 0 Å². The molecule has 0 spiro atoms. The van der Waals surface area contributed by atoms with E-state index in [1.807, 2.05) is 0 Å². The van der Waals surface area contributed by atoms with Gasteiger partial charge in [0.1, 0.15) is 17.4 Å². The molecule has 0 aliphatic rings. The SMILES string of the molecule is COc1c(C)cc(S(=O)(=O)NC(C)c2ccc(F)cc2F)cc1C. The minimum atomic E-state index is -3.87. The molecule has 0 aliphatic heterocycles. The molecule has 0 saturated carbocycles. The standard InChI is InChI=1S/C17H19F2NO3S/c1-10-7-14(8-11(2)17(10)23-4)24(21,22)20-12(3)15-6-5-13(18)9-16(15)19/h5-9,12,20H,1-4H3. The molecule has 2 aromatic carbocycles. The third-order valence-corrected chi connectivity index (χ3v) is 5.23. The molecule has 0 fully saturated rings. The van der Waals surface area contributed by atoms with Crippen LogP contribution < -0.4 is 9.46 Å². The quantitative estimate of drug-likeness (QED) is 0.891. The third kappa shape index (κ3) is 3.73. The Balaban J connectivity index is 2.34. The molecule has 24 heavy (non-hydrogen) atoms. The molecule has 0 radical (unpaired) electrons. The molecule has 0 bridgehead atoms. The van der Waals surface area contributed by atoms with Crippen LogP contribution in [0.5, 0.6) is 5.75 Å². The summed E-state index contributed by atoms with van der Waals surface area (Å²) in [4.78, 5) is 0.0627. The zero-order chi connectivity index (χ0) is 18.1. The van der Waals surface area contributed by atoms with Crippen molar-refractivity contribution in [2.45, 2.75) is 31.7 Å². The first-order valence-electron chi connectivity index (χ1n) is 7.28. The average Bonchev–Trinajstić information content (AvgIpc) is 2.46. The second kappa shape index (κ2) is 6.86. The van der Waals surface area contributed by atoms with Gasteiger partial charge in [0.15, 0.2) is 0 Å². The first-order valence-corrected chi connectivity index (χ1v) is 8.76. The monoisotopic (exact) mass is 355 g/mol. The third-order valence-electron chi connectivity index (χ3n) is 3.71. The summed E-state index contributed by atoms with van der Waals surface area (Å²) in [5.41, 5.74) is 1.43. The van der Waals surface area contributed by atoms with Crippen molar-refractivity contribution in [3.05, 3.63) is 58.7 Å². The van der Waals surface area contributed by atoms with Crippen molar-refractivity contribution in [1.29, 1.82) is 0 Å². The number of sulfonamides is 1. The summed E-state index contributed by atoms with van der Waals surface area (Å²) in [7, 11) is -2.36. The number of rotatable bonds is 5. The Labute approximate surface area is 140 Å². The maximum Gasteiger partial charge on any atom is 0.241 e. The van der Waals surface area contributed by atoms with E-state index in [1.165, 1.54) is 32.2 Å². The van der Waals surface area contributed by atoms with Gasteiger partial charge in [-0.05, 0) is 50.1 Å². The molecule has 0 saturated heterocycles. The molecule has 0 aromatic heterocycles. The van der Waals surface area contributed by atoms with Crippen LogP contribution >= 0.6 is 0 Å². The van der Waals surface area contributed by atoms with Crippen molar-refractivity contribution in [3.8, 4) is 5.75 Å². The number of hydrogen-bond acceptors (Lipinski definition) is 3. The second-order valence-electron chi connectivity index (χ2n) is 5.60. The van der Waals surface area contributed by atoms with E-state index in [2.05, 4.69) is 4.72 Å². The Morgan fingerprint density at radius 2 is 1.67 bits per heavy atom. The molecule has 0 aliphatic carbocycles. The van der Waals surface area contributed by atoms with Gasteiger partial charge in [0.25, 0.3) is 0 Å². The molecular formula is C17H19F2NO3S. The summed E-state index contributed by atoms with van der Waals surface area (Å²) in [5, 5.41) is 0. The van der Waals surface area contributed by atoms with E-state index < -0.39 is 27.7 Å². The van der Waals surface area contributed by atoms with Crippen LogP contribution in [0.3, 0.4) is 0 Å². The zero-order valence-corrected chi connectivity index (χ0v) is 14.7. The fourth-order valence-corrected chi connectivity index (χ4v) is 4.00. The Morgan fingerprint density at radius 3 is 2.17 bits per heavy atom. The van der Waals surface area contributed by atoms with Gasteiger partial charge in [-0.1, -0.05) is 6.07 Å². The molecule has 2 aromatic rings. The van der Waals surface area contributed by atoms with E-state index >= 15 is 0 Å². The van der Waals surface area contributed by atoms with Gasteiger partial charge in [-0.15, -0.1) is 0 Å². The summed E-state index contributed by atoms with van der Waals surface area (Å²) in [6.45, 7) is 4.99. The van der Waals surface area contributed by atoms with Crippen molar-refractivity contribution < 1.29 is 21.9 Å². The number of halogens is 2. The number of aryl methyl sites for hydroxylation is 2. The van der Waals surface area contributed by atoms with Crippen molar-refractivity contribution in [2.24, 2.45) is 0 Å². The van der Waals surface area contributed by atoms with E-state index in [0.717, 1.165) is 12.1 Å². The summed E-state index contributed by atoms with van der Waals surface area (Å²) in [6, 6.07) is 5.16. The molecular weight excluding hydrogens is 336 g/mol. The highest BCUT2D eigenvalue weighted by Crippen LogP contribution is 2.27. The van der Waals surface area contributed by atoms with Crippen molar-refractivity contribution in [1.82, 2.24) is 4.72 Å². The lowest BCUT2D eigenvalue weighted by Gasteiger charge is -2.17. The van der Waals surface area contributed by atoms with E-state index in [0.29, 0.717) is 16.9 Å². The molecule has 130 valence electrons. The highest BCUT2D eigenvalue weighted by atomic mass is 32.2. The van der Waals surface area contributed by atoms with Crippen LogP contribution in [0.4, 0.5) is 8.78 Å². The topological polar surface area (TPSA) is 55.4 Å². The van der Waals surface area contributed by atoms with Gasteiger partial charge in [-0.3, -0.25) is 0 Å². The van der Waals surface area contributed by atoms with Crippen LogP contribution in [0.25, 0.3) is 0 Å². The van der Waals surface area contributed by atoms with E-state index in [4.69, 9.17) is 4.74 Å². The Bertz CT molecular complexity index is 843. The fraction of sp³-hybridized carbons (Fsp3) is 0.294. The smallest absolute Gasteiger partial charge is 0.241 e. The summed E-state index contributed by atoms with van der Waals surface area (Å²) in [5.74, 6) is -0.897. The fourth-order valence-electron chi connectivity index (χ4n) is 2.60. The van der Waals surface area contributed by atoms with Crippen LogP contribution in [0, 0.1) is 25.5 Å². The van der Waals surface area contributed by atoms with Gasteiger partial charge in [0, 0.05) is 17.7 Å². The highest BCUT2D eigenvalue weighted by molar-refractivity contribution is 7.89. The van der Waals surface area contributed by atoms with Crippen LogP contribution in [0.15, 0.2) is 35.2 Å². The zero-order valence-electron chi connectivity index (χ0n) is 13.9. The number of ether oxygens (including phenoxy) is 1. The van der Waals surface area contributed by atoms with Gasteiger partial charge >= 0.3 is 0 Å². The number of benzene rings is 2. The summed E-state index contributed by atoms with van der Waals surface area (Å²) >= 11 is 0. The molecule has 1 unspecified atom stereocenters. The lowest BCUT2D eigenvalue weighted by molar-refractivity contribution is 0.408. The largest absolute Gasteiger partial charge is 0.496 e. The predicted octanol–water partition coefficient (Wildman–Crippen LogP) is 3.63. The first-order chi connectivity index (χ1) is 11.2. The molecule has 4 nitrogen and oxygen atoms in total. The van der Waals surface area contributed by atoms with E-state index in [9.17, 15) is 17.2 Å². The molecule has 2 rings (SSSR count). The number of methoxy groups -OCH3 is 1. The van der Waals surface area contributed by atoms with Crippen LogP contribution in [-0.2, 0) is 10.0 Å². The highest BCUT2D eigenvalue weighted by Gasteiger charge is 2.22. The van der Waals surface area contributed by atoms with Crippen molar-refractivity contribution in [3.63, 3.8) is 0 Å². The van der Waals surface area contributed by atoms with Gasteiger partial charge in [0.2, 0.25) is 10.0 Å². The molecule has 1 atom stereocenters. The lowest BCUT2D eigenvalue weighted by Crippen LogP contribution is -2.27. The van der Waals surface area contributed by atoms with Crippen molar-refractivity contribution >= 4 is 10.0 Å². The predicted molar refractivity (Wildman–Crippen MR) is 87.6 cm³/mol. The molecule has 0 heterocycles. The minimum absolute atomic E-state index is 0.0627. The average molecular weight is 355 g/mol. The van der Waals surface area contributed by atoms with Gasteiger partial charge in [-0.2, -0.15) is 0 Å². The number of hydrogen-bond donors (Lipinski definition) is 1. The second-order valence-corrected chi connectivity index (χ2v) is 7.31. The maximum atomic E-state index is 13.8. The van der Waals surface area contributed by atoms with Gasteiger partial charge < -0.3 is 4.74 Å². The molecule has 1 N–H and O–H groups in total. The Hall–Kier alpha value is -1.99. The van der Waals surface area contributed by atoms with Crippen molar-refractivity contribution in [2.75, 3.05) is 7.11 Å². The van der Waals surface area contributed by atoms with Crippen LogP contribution in [0.1, 0.15) is 29.7 Å². The van der Waals surface area contributed by atoms with Gasteiger partial charge in [-0.25, -0.2) is 21.9 Å². The Morgan fingerprint density at radius 1 is 1.08 bits per heavy atom. The van der Waals surface area contributed by atoms with Crippen LogP contribution in [-0.4, -0.2) is 15.5 Å². The normalized spacial score (nSPS) is 12.9. The molecule has 7 heteroatoms. The number of nitrogens with one attached hydrogen (secondary N) is 1. The summed E-state index contributed by atoms with van der Waals surface area (Å²) < 4.78 is 59.5. The first kappa shape index (κ1) is 18.4.